The van der Waals surface area contributed by atoms with Crippen LogP contribution in [0.15, 0.2) is 18.2 Å². The van der Waals surface area contributed by atoms with Crippen LogP contribution in [0.1, 0.15) is 40.9 Å². The second kappa shape index (κ2) is 7.02. The predicted molar refractivity (Wildman–Crippen MR) is 72.4 cm³/mol. The molecular formula is C14H19NO5. The fourth-order valence-electron chi connectivity index (χ4n) is 1.87. The fourth-order valence-corrected chi connectivity index (χ4v) is 1.87. The summed E-state index contributed by atoms with van der Waals surface area (Å²) in [5.41, 5.74) is 0.889. The number of carboxylic acid groups (broad SMARTS) is 1. The number of aryl methyl sites for hydroxylation is 1. The first kappa shape index (κ1) is 16.1. The molecule has 4 N–H and O–H groups in total. The number of benzene rings is 1. The highest BCUT2D eigenvalue weighted by molar-refractivity contribution is 5.89. The van der Waals surface area contributed by atoms with Crippen molar-refractivity contribution in [3.63, 3.8) is 0 Å². The zero-order valence-electron chi connectivity index (χ0n) is 11.5. The molecule has 6 heteroatoms. The summed E-state index contributed by atoms with van der Waals surface area (Å²) in [5.74, 6) is -1.38. The maximum atomic E-state index is 11.2. The molecule has 6 nitrogen and oxygen atoms in total. The van der Waals surface area contributed by atoms with Crippen molar-refractivity contribution in [3.8, 4) is 0 Å². The van der Waals surface area contributed by atoms with Crippen molar-refractivity contribution in [2.24, 2.45) is 0 Å². The SMILES string of the molecule is CC(=O)NCCC(O)C(O)c1ccc(C)cc1C(=O)O. The number of carbonyl (C=O) groups is 2. The molecule has 0 saturated carbocycles. The van der Waals surface area contributed by atoms with Crippen LogP contribution in [-0.4, -0.2) is 39.8 Å². The Morgan fingerprint density at radius 2 is 1.95 bits per heavy atom. The Labute approximate surface area is 117 Å². The van der Waals surface area contributed by atoms with Gasteiger partial charge in [0.15, 0.2) is 0 Å². The van der Waals surface area contributed by atoms with Crippen molar-refractivity contribution >= 4 is 11.9 Å². The lowest BCUT2D eigenvalue weighted by Crippen LogP contribution is -2.28. The number of carboxylic acids is 1. The van der Waals surface area contributed by atoms with Crippen LogP contribution in [-0.2, 0) is 4.79 Å². The number of aliphatic hydroxyl groups excluding tert-OH is 2. The van der Waals surface area contributed by atoms with Gasteiger partial charge in [0.2, 0.25) is 5.91 Å². The molecule has 0 saturated heterocycles. The molecule has 0 aliphatic rings. The number of hydrogen-bond acceptors (Lipinski definition) is 4. The van der Waals surface area contributed by atoms with Gasteiger partial charge in [-0.3, -0.25) is 4.79 Å². The van der Waals surface area contributed by atoms with Gasteiger partial charge in [0.05, 0.1) is 11.7 Å². The van der Waals surface area contributed by atoms with E-state index in [2.05, 4.69) is 5.32 Å². The minimum absolute atomic E-state index is 0.0314. The van der Waals surface area contributed by atoms with Gasteiger partial charge < -0.3 is 20.6 Å². The molecule has 1 aromatic carbocycles. The second-order valence-corrected chi connectivity index (χ2v) is 4.68. The zero-order chi connectivity index (χ0) is 15.3. The molecule has 0 aliphatic heterocycles. The molecule has 1 rings (SSSR count). The van der Waals surface area contributed by atoms with E-state index in [1.807, 2.05) is 0 Å². The van der Waals surface area contributed by atoms with Gasteiger partial charge in [0, 0.05) is 13.5 Å². The van der Waals surface area contributed by atoms with E-state index < -0.39 is 18.2 Å². The lowest BCUT2D eigenvalue weighted by Gasteiger charge is -2.20. The van der Waals surface area contributed by atoms with Gasteiger partial charge in [-0.1, -0.05) is 17.7 Å². The molecule has 110 valence electrons. The summed E-state index contributed by atoms with van der Waals surface area (Å²) in [4.78, 5) is 21.9. The third-order valence-electron chi connectivity index (χ3n) is 2.94. The summed E-state index contributed by atoms with van der Waals surface area (Å²) in [6, 6.07) is 4.61. The van der Waals surface area contributed by atoms with Crippen LogP contribution in [0.5, 0.6) is 0 Å². The van der Waals surface area contributed by atoms with Crippen LogP contribution >= 0.6 is 0 Å². The molecule has 1 aromatic rings. The maximum absolute atomic E-state index is 11.2. The van der Waals surface area contributed by atoms with E-state index in [1.54, 1.807) is 13.0 Å². The van der Waals surface area contributed by atoms with Gasteiger partial charge in [0.1, 0.15) is 6.10 Å². The van der Waals surface area contributed by atoms with Gasteiger partial charge in [-0.2, -0.15) is 0 Å². The molecule has 0 aliphatic carbocycles. The van der Waals surface area contributed by atoms with Crippen molar-refractivity contribution < 1.29 is 24.9 Å². The summed E-state index contributed by atoms with van der Waals surface area (Å²) in [6.45, 7) is 3.31. The number of carbonyl (C=O) groups excluding carboxylic acids is 1. The number of amides is 1. The van der Waals surface area contributed by atoms with Crippen LogP contribution in [0, 0.1) is 6.92 Å². The van der Waals surface area contributed by atoms with Crippen LogP contribution < -0.4 is 5.32 Å². The topological polar surface area (TPSA) is 107 Å². The van der Waals surface area contributed by atoms with Gasteiger partial charge in [-0.05, 0) is 25.0 Å². The molecule has 0 heterocycles. The van der Waals surface area contributed by atoms with E-state index in [-0.39, 0.29) is 30.0 Å². The van der Waals surface area contributed by atoms with Crippen LogP contribution in [0.25, 0.3) is 0 Å². The van der Waals surface area contributed by atoms with Crippen LogP contribution in [0.3, 0.4) is 0 Å². The first-order valence-electron chi connectivity index (χ1n) is 6.27. The third-order valence-corrected chi connectivity index (χ3v) is 2.94. The lowest BCUT2D eigenvalue weighted by molar-refractivity contribution is -0.119. The van der Waals surface area contributed by atoms with Crippen molar-refractivity contribution in [1.29, 1.82) is 0 Å². The zero-order valence-corrected chi connectivity index (χ0v) is 11.5. The standard InChI is InChI=1S/C14H19NO5/c1-8-3-4-10(11(7-8)14(19)20)13(18)12(17)5-6-15-9(2)16/h3-4,7,12-13,17-18H,5-6H2,1-2H3,(H,15,16)(H,19,20). The molecule has 0 spiro atoms. The Morgan fingerprint density at radius 1 is 1.30 bits per heavy atom. The van der Waals surface area contributed by atoms with Gasteiger partial charge in [0.25, 0.3) is 0 Å². The molecule has 0 fully saturated rings. The number of aromatic carboxylic acids is 1. The fraction of sp³-hybridized carbons (Fsp3) is 0.429. The van der Waals surface area contributed by atoms with Gasteiger partial charge in [-0.15, -0.1) is 0 Å². The van der Waals surface area contributed by atoms with Crippen LogP contribution in [0.4, 0.5) is 0 Å². The molecule has 2 atom stereocenters. The molecular weight excluding hydrogens is 262 g/mol. The van der Waals surface area contributed by atoms with Crippen molar-refractivity contribution in [3.05, 3.63) is 34.9 Å². The quantitative estimate of drug-likeness (QED) is 0.611. The normalized spacial score (nSPS) is 13.6. The molecule has 0 aromatic heterocycles. The van der Waals surface area contributed by atoms with E-state index in [1.165, 1.54) is 19.1 Å². The molecule has 1 amide bonds. The highest BCUT2D eigenvalue weighted by Crippen LogP contribution is 2.23. The Hall–Kier alpha value is -1.92. The largest absolute Gasteiger partial charge is 0.478 e. The van der Waals surface area contributed by atoms with Crippen molar-refractivity contribution in [1.82, 2.24) is 5.32 Å². The second-order valence-electron chi connectivity index (χ2n) is 4.68. The smallest absolute Gasteiger partial charge is 0.336 e. The number of nitrogens with one attached hydrogen (secondary N) is 1. The van der Waals surface area contributed by atoms with E-state index in [9.17, 15) is 19.8 Å². The minimum Gasteiger partial charge on any atom is -0.478 e. The molecule has 2 unspecified atom stereocenters. The summed E-state index contributed by atoms with van der Waals surface area (Å²) in [6.07, 6.45) is -2.33. The lowest BCUT2D eigenvalue weighted by atomic mass is 9.95. The maximum Gasteiger partial charge on any atom is 0.336 e. The Morgan fingerprint density at radius 3 is 2.50 bits per heavy atom. The molecule has 0 radical (unpaired) electrons. The van der Waals surface area contributed by atoms with Gasteiger partial charge >= 0.3 is 5.97 Å². The average molecular weight is 281 g/mol. The summed E-state index contributed by atoms with van der Waals surface area (Å²) >= 11 is 0. The van der Waals surface area contributed by atoms with Crippen molar-refractivity contribution in [2.75, 3.05) is 6.54 Å². The van der Waals surface area contributed by atoms with E-state index in [0.29, 0.717) is 0 Å². The first-order chi connectivity index (χ1) is 9.32. The Balaban J connectivity index is 2.83. The van der Waals surface area contributed by atoms with Crippen molar-refractivity contribution in [2.45, 2.75) is 32.5 Å². The highest BCUT2D eigenvalue weighted by Gasteiger charge is 2.23. The Bertz CT molecular complexity index is 500. The summed E-state index contributed by atoms with van der Waals surface area (Å²) in [7, 11) is 0. The highest BCUT2D eigenvalue weighted by atomic mass is 16.4. The monoisotopic (exact) mass is 281 g/mol. The molecule has 0 bridgehead atoms. The van der Waals surface area contributed by atoms with Gasteiger partial charge in [-0.25, -0.2) is 4.79 Å². The Kier molecular flexibility index (Phi) is 5.66. The van der Waals surface area contributed by atoms with E-state index in [0.717, 1.165) is 5.56 Å². The predicted octanol–water partition coefficient (Wildman–Crippen LogP) is 0.614. The summed E-state index contributed by atoms with van der Waals surface area (Å²) in [5, 5.41) is 31.5. The number of hydrogen-bond donors (Lipinski definition) is 4. The summed E-state index contributed by atoms with van der Waals surface area (Å²) < 4.78 is 0. The van der Waals surface area contributed by atoms with Crippen LogP contribution in [0.2, 0.25) is 0 Å². The molecule has 20 heavy (non-hydrogen) atoms. The third kappa shape index (κ3) is 4.32. The van der Waals surface area contributed by atoms with E-state index >= 15 is 0 Å². The minimum atomic E-state index is -1.31. The average Bonchev–Trinajstić information content (AvgIpc) is 2.37. The first-order valence-corrected chi connectivity index (χ1v) is 6.27. The van der Waals surface area contributed by atoms with E-state index in [4.69, 9.17) is 5.11 Å². The number of rotatable bonds is 6. The number of aliphatic hydroxyl groups is 2.